The molecule has 0 radical (unpaired) electrons. The van der Waals surface area contributed by atoms with Crippen molar-refractivity contribution in [3.8, 4) is 0 Å². The van der Waals surface area contributed by atoms with E-state index in [-0.39, 0.29) is 6.10 Å². The third-order valence-corrected chi connectivity index (χ3v) is 2.81. The molecule has 1 aliphatic rings. The molecule has 1 unspecified atom stereocenters. The lowest BCUT2D eigenvalue weighted by molar-refractivity contribution is 0.0634. The number of halogens is 1. The van der Waals surface area contributed by atoms with Crippen molar-refractivity contribution in [3.05, 3.63) is 23.8 Å². The first-order valence-electron chi connectivity index (χ1n) is 6.62. The van der Waals surface area contributed by atoms with E-state index in [1.807, 2.05) is 0 Å². The minimum Gasteiger partial charge on any atom is -0.444 e. The van der Waals surface area contributed by atoms with Gasteiger partial charge in [0, 0.05) is 18.2 Å². The molecule has 1 saturated heterocycles. The van der Waals surface area contributed by atoms with E-state index in [4.69, 9.17) is 9.47 Å². The number of carbonyl (C=O) groups excluding carboxylic acids is 1. The van der Waals surface area contributed by atoms with E-state index in [1.54, 1.807) is 20.8 Å². The molecule has 5 nitrogen and oxygen atoms in total. The van der Waals surface area contributed by atoms with Gasteiger partial charge in [0.05, 0.1) is 18.0 Å². The number of pyridine rings is 1. The van der Waals surface area contributed by atoms with Crippen LogP contribution in [0.2, 0.25) is 0 Å². The van der Waals surface area contributed by atoms with Crippen LogP contribution in [0.5, 0.6) is 0 Å². The summed E-state index contributed by atoms with van der Waals surface area (Å²) in [7, 11) is 0. The number of hydrogen-bond donors (Lipinski definition) is 1. The average Bonchev–Trinajstić information content (AvgIpc) is 2.82. The zero-order valence-corrected chi connectivity index (χ0v) is 11.9. The number of aromatic nitrogens is 1. The van der Waals surface area contributed by atoms with Gasteiger partial charge in [-0.3, -0.25) is 5.32 Å². The van der Waals surface area contributed by atoms with E-state index < -0.39 is 17.6 Å². The standard InChI is InChI=1S/C14H19FN2O3/c1-14(2,3)20-13(18)17-10-8-16-12(15)7-9(10)11-5-4-6-19-11/h7-8,11H,4-6H2,1-3H3,(H,17,18). The highest BCUT2D eigenvalue weighted by atomic mass is 19.1. The summed E-state index contributed by atoms with van der Waals surface area (Å²) in [5.41, 5.74) is 0.426. The quantitative estimate of drug-likeness (QED) is 0.844. The van der Waals surface area contributed by atoms with Crippen LogP contribution in [0.15, 0.2) is 12.3 Å². The lowest BCUT2D eigenvalue weighted by atomic mass is 10.1. The second-order valence-corrected chi connectivity index (χ2v) is 5.72. The van der Waals surface area contributed by atoms with E-state index in [1.165, 1.54) is 12.3 Å². The second-order valence-electron chi connectivity index (χ2n) is 5.72. The fraction of sp³-hybridized carbons (Fsp3) is 0.571. The average molecular weight is 282 g/mol. The number of carbonyl (C=O) groups is 1. The van der Waals surface area contributed by atoms with E-state index in [2.05, 4.69) is 10.3 Å². The molecular formula is C14H19FN2O3. The zero-order chi connectivity index (χ0) is 14.8. The highest BCUT2D eigenvalue weighted by molar-refractivity contribution is 5.85. The molecule has 1 amide bonds. The Morgan fingerprint density at radius 3 is 2.90 bits per heavy atom. The Labute approximate surface area is 117 Å². The molecule has 1 atom stereocenters. The molecular weight excluding hydrogens is 263 g/mol. The third kappa shape index (κ3) is 3.90. The summed E-state index contributed by atoms with van der Waals surface area (Å²) >= 11 is 0. The molecule has 2 rings (SSSR count). The number of nitrogens with zero attached hydrogens (tertiary/aromatic N) is 1. The van der Waals surface area contributed by atoms with Crippen molar-refractivity contribution in [3.63, 3.8) is 0 Å². The van der Waals surface area contributed by atoms with Crippen LogP contribution in [0.25, 0.3) is 0 Å². The summed E-state index contributed by atoms with van der Waals surface area (Å²) in [5, 5.41) is 2.60. The maximum absolute atomic E-state index is 13.3. The van der Waals surface area contributed by atoms with Crippen LogP contribution in [0.3, 0.4) is 0 Å². The van der Waals surface area contributed by atoms with Gasteiger partial charge in [-0.2, -0.15) is 4.39 Å². The summed E-state index contributed by atoms with van der Waals surface area (Å²) in [4.78, 5) is 15.4. The molecule has 0 aromatic carbocycles. The fourth-order valence-electron chi connectivity index (χ4n) is 2.05. The normalized spacial score (nSPS) is 18.9. The van der Waals surface area contributed by atoms with Crippen LogP contribution in [0, 0.1) is 5.95 Å². The summed E-state index contributed by atoms with van der Waals surface area (Å²) in [6, 6.07) is 1.29. The van der Waals surface area contributed by atoms with Gasteiger partial charge in [0.15, 0.2) is 0 Å². The topological polar surface area (TPSA) is 60.5 Å². The predicted octanol–water partition coefficient (Wildman–Crippen LogP) is 3.42. The van der Waals surface area contributed by atoms with Crippen molar-refractivity contribution in [1.82, 2.24) is 4.98 Å². The Morgan fingerprint density at radius 1 is 1.55 bits per heavy atom. The van der Waals surface area contributed by atoms with E-state index in [9.17, 15) is 9.18 Å². The van der Waals surface area contributed by atoms with Crippen molar-refractivity contribution in [2.75, 3.05) is 11.9 Å². The molecule has 20 heavy (non-hydrogen) atoms. The molecule has 1 aromatic rings. The summed E-state index contributed by atoms with van der Waals surface area (Å²) in [6.07, 6.45) is 2.20. The number of ether oxygens (including phenoxy) is 2. The van der Waals surface area contributed by atoms with E-state index in [0.717, 1.165) is 12.8 Å². The number of anilines is 1. The number of nitrogens with one attached hydrogen (secondary N) is 1. The molecule has 6 heteroatoms. The first-order valence-corrected chi connectivity index (χ1v) is 6.62. The Balaban J connectivity index is 2.16. The van der Waals surface area contributed by atoms with Gasteiger partial charge in [-0.05, 0) is 33.6 Å². The third-order valence-electron chi connectivity index (χ3n) is 2.81. The van der Waals surface area contributed by atoms with Gasteiger partial charge in [-0.25, -0.2) is 9.78 Å². The second kappa shape index (κ2) is 5.75. The Bertz CT molecular complexity index is 494. The van der Waals surface area contributed by atoms with E-state index >= 15 is 0 Å². The molecule has 0 saturated carbocycles. The van der Waals surface area contributed by atoms with Crippen molar-refractivity contribution in [2.45, 2.75) is 45.3 Å². The molecule has 0 spiro atoms. The number of rotatable bonds is 2. The van der Waals surface area contributed by atoms with Gasteiger partial charge in [0.2, 0.25) is 5.95 Å². The van der Waals surface area contributed by atoms with Crippen LogP contribution < -0.4 is 5.32 Å². The van der Waals surface area contributed by atoms with Crippen molar-refractivity contribution in [2.24, 2.45) is 0 Å². The summed E-state index contributed by atoms with van der Waals surface area (Å²) in [6.45, 7) is 5.96. The first kappa shape index (κ1) is 14.7. The minimum absolute atomic E-state index is 0.211. The fourth-order valence-corrected chi connectivity index (χ4v) is 2.05. The lowest BCUT2D eigenvalue weighted by Crippen LogP contribution is -2.27. The largest absolute Gasteiger partial charge is 0.444 e. The van der Waals surface area contributed by atoms with Gasteiger partial charge in [-0.1, -0.05) is 0 Å². The molecule has 1 N–H and O–H groups in total. The molecule has 1 fully saturated rings. The van der Waals surface area contributed by atoms with E-state index in [0.29, 0.717) is 17.9 Å². The van der Waals surface area contributed by atoms with Crippen LogP contribution in [-0.2, 0) is 9.47 Å². The van der Waals surface area contributed by atoms with Gasteiger partial charge >= 0.3 is 6.09 Å². The smallest absolute Gasteiger partial charge is 0.412 e. The minimum atomic E-state index is -0.596. The van der Waals surface area contributed by atoms with Crippen LogP contribution in [0.1, 0.15) is 45.3 Å². The monoisotopic (exact) mass is 282 g/mol. The van der Waals surface area contributed by atoms with Crippen molar-refractivity contribution in [1.29, 1.82) is 0 Å². The van der Waals surface area contributed by atoms with Gasteiger partial charge in [-0.15, -0.1) is 0 Å². The van der Waals surface area contributed by atoms with Crippen molar-refractivity contribution >= 4 is 11.8 Å². The van der Waals surface area contributed by atoms with Crippen LogP contribution in [0.4, 0.5) is 14.9 Å². The Hall–Kier alpha value is -1.69. The highest BCUT2D eigenvalue weighted by Gasteiger charge is 2.24. The number of hydrogen-bond acceptors (Lipinski definition) is 4. The maximum Gasteiger partial charge on any atom is 0.412 e. The van der Waals surface area contributed by atoms with Crippen LogP contribution in [-0.4, -0.2) is 23.3 Å². The summed E-state index contributed by atoms with van der Waals surface area (Å²) < 4.78 is 24.0. The van der Waals surface area contributed by atoms with Gasteiger partial charge < -0.3 is 9.47 Å². The van der Waals surface area contributed by atoms with Crippen LogP contribution >= 0.6 is 0 Å². The molecule has 1 aliphatic heterocycles. The molecule has 1 aromatic heterocycles. The number of amides is 1. The Kier molecular flexibility index (Phi) is 4.23. The maximum atomic E-state index is 13.3. The molecule has 110 valence electrons. The van der Waals surface area contributed by atoms with Gasteiger partial charge in [0.1, 0.15) is 5.60 Å². The molecule has 0 aliphatic carbocycles. The molecule has 0 bridgehead atoms. The zero-order valence-electron chi connectivity index (χ0n) is 11.9. The SMILES string of the molecule is CC(C)(C)OC(=O)Nc1cnc(F)cc1C1CCCO1. The lowest BCUT2D eigenvalue weighted by Gasteiger charge is -2.21. The Morgan fingerprint density at radius 2 is 2.30 bits per heavy atom. The predicted molar refractivity (Wildman–Crippen MR) is 72.0 cm³/mol. The van der Waals surface area contributed by atoms with Crippen molar-refractivity contribution < 1.29 is 18.7 Å². The molecule has 2 heterocycles. The summed E-state index contributed by atoms with van der Waals surface area (Å²) in [5.74, 6) is -0.592. The first-order chi connectivity index (χ1) is 9.35. The highest BCUT2D eigenvalue weighted by Crippen LogP contribution is 2.33. The van der Waals surface area contributed by atoms with Gasteiger partial charge in [0.25, 0.3) is 0 Å².